The number of carbonyl (C=O) groups is 1. The first kappa shape index (κ1) is 19.1. The van der Waals surface area contributed by atoms with Crippen molar-refractivity contribution in [1.29, 1.82) is 5.26 Å². The summed E-state index contributed by atoms with van der Waals surface area (Å²) < 4.78 is 1.82. The number of carbonyl (C=O) groups excluding carboxylic acids is 1. The van der Waals surface area contributed by atoms with Gasteiger partial charge >= 0.3 is 0 Å². The molecule has 0 aliphatic heterocycles. The molecule has 0 unspecified atom stereocenters. The third kappa shape index (κ3) is 3.43. The molecular formula is C20H20N6O2. The van der Waals surface area contributed by atoms with Gasteiger partial charge in [-0.1, -0.05) is 29.8 Å². The summed E-state index contributed by atoms with van der Waals surface area (Å²) in [6.45, 7) is 2.37. The van der Waals surface area contributed by atoms with Gasteiger partial charge in [0.05, 0.1) is 11.1 Å². The lowest BCUT2D eigenvalue weighted by Crippen LogP contribution is -2.13. The number of amides is 1. The van der Waals surface area contributed by atoms with Crippen LogP contribution in [-0.2, 0) is 11.3 Å². The van der Waals surface area contributed by atoms with Gasteiger partial charge in [0.15, 0.2) is 0 Å². The smallest absolute Gasteiger partial charge is 0.259 e. The first-order valence-corrected chi connectivity index (χ1v) is 8.70. The third-order valence-electron chi connectivity index (χ3n) is 4.46. The molecule has 0 bridgehead atoms. The average Bonchev–Trinajstić information content (AvgIpc) is 2.99. The molecule has 0 aliphatic carbocycles. The molecule has 2 aromatic heterocycles. The Bertz CT molecular complexity index is 1110. The van der Waals surface area contributed by atoms with E-state index in [-0.39, 0.29) is 18.0 Å². The highest BCUT2D eigenvalue weighted by atomic mass is 16.3. The van der Waals surface area contributed by atoms with E-state index in [1.54, 1.807) is 0 Å². The molecule has 142 valence electrons. The highest BCUT2D eigenvalue weighted by Gasteiger charge is 2.22. The molecule has 2 heterocycles. The maximum atomic E-state index is 11.7. The average molecular weight is 376 g/mol. The van der Waals surface area contributed by atoms with E-state index >= 15 is 0 Å². The number of aryl methyl sites for hydroxylation is 2. The van der Waals surface area contributed by atoms with Crippen molar-refractivity contribution in [1.82, 2.24) is 14.5 Å². The number of hydrogen-bond donors (Lipinski definition) is 3. The van der Waals surface area contributed by atoms with Crippen LogP contribution in [0.5, 0.6) is 0 Å². The number of primary amides is 1. The van der Waals surface area contributed by atoms with Crippen LogP contribution < -0.4 is 11.5 Å². The second-order valence-corrected chi connectivity index (χ2v) is 6.35. The van der Waals surface area contributed by atoms with Crippen LogP contribution in [0.15, 0.2) is 36.2 Å². The standard InChI is InChI=1S/C20H20N6O2/c1-12-3-5-13(6-4-12)16-15(9-14(10-21)19(23)28)26(7-2-8-27)20-17(16)18(22)24-11-25-20/h3-6,9,11,27H,2,7-8H2,1H3,(H2,23,28)(H2,22,24,25)/b14-9+. The number of aliphatic hydroxyl groups is 1. The van der Waals surface area contributed by atoms with Crippen LogP contribution in [0, 0.1) is 18.3 Å². The quantitative estimate of drug-likeness (QED) is 0.442. The largest absolute Gasteiger partial charge is 0.396 e. The Balaban J connectivity index is 2.44. The van der Waals surface area contributed by atoms with E-state index in [4.69, 9.17) is 11.5 Å². The molecule has 1 aromatic carbocycles. The molecule has 0 atom stereocenters. The Labute approximate surface area is 161 Å². The van der Waals surface area contributed by atoms with Crippen LogP contribution in [0.25, 0.3) is 28.2 Å². The number of rotatable bonds is 6. The fourth-order valence-electron chi connectivity index (χ4n) is 3.12. The minimum atomic E-state index is -0.824. The maximum Gasteiger partial charge on any atom is 0.259 e. The number of benzene rings is 1. The van der Waals surface area contributed by atoms with Gasteiger partial charge in [-0.3, -0.25) is 4.79 Å². The summed E-state index contributed by atoms with van der Waals surface area (Å²) in [6.07, 6.45) is 3.26. The number of aromatic nitrogens is 3. The van der Waals surface area contributed by atoms with Gasteiger partial charge in [-0.15, -0.1) is 0 Å². The number of nitrogens with two attached hydrogens (primary N) is 2. The van der Waals surface area contributed by atoms with E-state index in [1.165, 1.54) is 12.4 Å². The molecule has 5 N–H and O–H groups in total. The zero-order valence-corrected chi connectivity index (χ0v) is 15.4. The Morgan fingerprint density at radius 1 is 1.32 bits per heavy atom. The molecule has 0 aliphatic rings. The second-order valence-electron chi connectivity index (χ2n) is 6.35. The van der Waals surface area contributed by atoms with Gasteiger partial charge in [0.2, 0.25) is 0 Å². The number of fused-ring (bicyclic) bond motifs is 1. The highest BCUT2D eigenvalue weighted by molar-refractivity contribution is 6.07. The van der Waals surface area contributed by atoms with E-state index in [0.717, 1.165) is 11.1 Å². The van der Waals surface area contributed by atoms with Crippen LogP contribution in [-0.4, -0.2) is 32.2 Å². The fraction of sp³-hybridized carbons (Fsp3) is 0.200. The van der Waals surface area contributed by atoms with E-state index in [1.807, 2.05) is 41.8 Å². The van der Waals surface area contributed by atoms with E-state index in [9.17, 15) is 15.2 Å². The lowest BCUT2D eigenvalue weighted by molar-refractivity contribution is -0.114. The maximum absolute atomic E-state index is 11.7. The monoisotopic (exact) mass is 376 g/mol. The Kier molecular flexibility index (Phi) is 5.38. The van der Waals surface area contributed by atoms with Gasteiger partial charge in [0, 0.05) is 18.7 Å². The zero-order valence-electron chi connectivity index (χ0n) is 15.4. The van der Waals surface area contributed by atoms with Crippen molar-refractivity contribution in [3.8, 4) is 17.2 Å². The zero-order chi connectivity index (χ0) is 20.3. The minimum absolute atomic E-state index is 0.0236. The SMILES string of the molecule is Cc1ccc(-c2c(/C=C(\C#N)C(N)=O)n(CCCO)c3ncnc(N)c23)cc1. The molecule has 0 saturated carbocycles. The topological polar surface area (TPSA) is 144 Å². The van der Waals surface area contributed by atoms with Crippen LogP contribution in [0.2, 0.25) is 0 Å². The fourth-order valence-corrected chi connectivity index (χ4v) is 3.12. The molecule has 8 heteroatoms. The summed E-state index contributed by atoms with van der Waals surface area (Å²) in [5.74, 6) is -0.536. The van der Waals surface area contributed by atoms with Gasteiger partial charge in [-0.2, -0.15) is 5.26 Å². The molecule has 0 fully saturated rings. The summed E-state index contributed by atoms with van der Waals surface area (Å²) in [4.78, 5) is 20.1. The van der Waals surface area contributed by atoms with Gasteiger partial charge in [0.1, 0.15) is 29.4 Å². The first-order chi connectivity index (χ1) is 13.5. The normalized spacial score (nSPS) is 11.5. The molecule has 3 aromatic rings. The molecular weight excluding hydrogens is 356 g/mol. The van der Waals surface area contributed by atoms with Gasteiger partial charge in [0.25, 0.3) is 5.91 Å². The van der Waals surface area contributed by atoms with Crippen LogP contribution >= 0.6 is 0 Å². The Morgan fingerprint density at radius 2 is 2.04 bits per heavy atom. The summed E-state index contributed by atoms with van der Waals surface area (Å²) in [5, 5.41) is 19.3. The predicted octanol–water partition coefficient (Wildman–Crippen LogP) is 1.76. The van der Waals surface area contributed by atoms with Gasteiger partial charge in [-0.05, 0) is 25.0 Å². The van der Waals surface area contributed by atoms with E-state index in [0.29, 0.717) is 35.3 Å². The van der Waals surface area contributed by atoms with Crippen molar-refractivity contribution >= 4 is 28.8 Å². The molecule has 0 saturated heterocycles. The number of nitrogens with zero attached hydrogens (tertiary/aromatic N) is 4. The molecule has 0 radical (unpaired) electrons. The van der Waals surface area contributed by atoms with Crippen molar-refractivity contribution in [3.63, 3.8) is 0 Å². The molecule has 3 rings (SSSR count). The van der Waals surface area contributed by atoms with Crippen LogP contribution in [0.4, 0.5) is 5.82 Å². The lowest BCUT2D eigenvalue weighted by Gasteiger charge is -2.09. The van der Waals surface area contributed by atoms with Crippen molar-refractivity contribution in [3.05, 3.63) is 47.4 Å². The van der Waals surface area contributed by atoms with E-state index in [2.05, 4.69) is 9.97 Å². The van der Waals surface area contributed by atoms with Gasteiger partial charge < -0.3 is 21.1 Å². The summed E-state index contributed by atoms with van der Waals surface area (Å²) in [7, 11) is 0. The molecule has 1 amide bonds. The Morgan fingerprint density at radius 3 is 2.64 bits per heavy atom. The second kappa shape index (κ2) is 7.90. The first-order valence-electron chi connectivity index (χ1n) is 8.70. The molecule has 8 nitrogen and oxygen atoms in total. The summed E-state index contributed by atoms with van der Waals surface area (Å²) in [6, 6.07) is 9.61. The highest BCUT2D eigenvalue weighted by Crippen LogP contribution is 2.38. The number of nitriles is 1. The van der Waals surface area contributed by atoms with Crippen LogP contribution in [0.1, 0.15) is 17.7 Å². The predicted molar refractivity (Wildman–Crippen MR) is 107 cm³/mol. The van der Waals surface area contributed by atoms with Crippen LogP contribution in [0.3, 0.4) is 0 Å². The van der Waals surface area contributed by atoms with E-state index < -0.39 is 5.91 Å². The number of aliphatic hydroxyl groups excluding tert-OH is 1. The van der Waals surface area contributed by atoms with Gasteiger partial charge in [-0.25, -0.2) is 9.97 Å². The summed E-state index contributed by atoms with van der Waals surface area (Å²) >= 11 is 0. The minimum Gasteiger partial charge on any atom is -0.396 e. The molecule has 0 spiro atoms. The number of nitrogen functional groups attached to an aromatic ring is 1. The Hall–Kier alpha value is -3.70. The third-order valence-corrected chi connectivity index (χ3v) is 4.46. The molecule has 28 heavy (non-hydrogen) atoms. The number of hydrogen-bond acceptors (Lipinski definition) is 6. The number of anilines is 1. The summed E-state index contributed by atoms with van der Waals surface area (Å²) in [5.41, 5.74) is 15.1. The van der Waals surface area contributed by atoms with Crippen molar-refractivity contribution < 1.29 is 9.90 Å². The van der Waals surface area contributed by atoms with Crippen molar-refractivity contribution in [2.45, 2.75) is 19.9 Å². The van der Waals surface area contributed by atoms with Crippen molar-refractivity contribution in [2.24, 2.45) is 5.73 Å². The lowest BCUT2D eigenvalue weighted by atomic mass is 10.0. The van der Waals surface area contributed by atoms with Crippen molar-refractivity contribution in [2.75, 3.05) is 12.3 Å².